The summed E-state index contributed by atoms with van der Waals surface area (Å²) in [5.41, 5.74) is 6.17. The quantitative estimate of drug-likeness (QED) is 0.0544. The molecule has 7 amide bonds. The van der Waals surface area contributed by atoms with E-state index in [9.17, 15) is 43.1 Å². The number of nitrogens with two attached hydrogens (primary N) is 1. The van der Waals surface area contributed by atoms with E-state index in [-0.39, 0.29) is 90.6 Å². The largest absolute Gasteiger partial charge is 0.444 e. The Morgan fingerprint density at radius 2 is 1.52 bits per heavy atom. The summed E-state index contributed by atoms with van der Waals surface area (Å²) in [4.78, 5) is 93.7. The third-order valence-electron chi connectivity index (χ3n) is 11.9. The number of nitrogens with zero attached hydrogens (tertiary/aromatic N) is 3. The van der Waals surface area contributed by atoms with Gasteiger partial charge in [0.25, 0.3) is 0 Å². The van der Waals surface area contributed by atoms with Crippen molar-refractivity contribution in [1.29, 1.82) is 0 Å². The van der Waals surface area contributed by atoms with Crippen molar-refractivity contribution >= 4 is 41.5 Å². The zero-order valence-corrected chi connectivity index (χ0v) is 44.2. The van der Waals surface area contributed by atoms with E-state index in [1.54, 1.807) is 33.0 Å². The summed E-state index contributed by atoms with van der Waals surface area (Å²) in [6.07, 6.45) is 1.44. The number of aliphatic hydroxyl groups excluding tert-OH is 1. The van der Waals surface area contributed by atoms with Crippen LogP contribution >= 0.6 is 0 Å². The van der Waals surface area contributed by atoms with Crippen molar-refractivity contribution in [2.75, 3.05) is 72.4 Å². The topological polar surface area (TPSA) is 262 Å². The third-order valence-corrected chi connectivity index (χ3v) is 11.9. The Balaban J connectivity index is 1.27. The van der Waals surface area contributed by atoms with Crippen LogP contribution in [0.3, 0.4) is 0 Å². The molecule has 1 saturated heterocycles. The van der Waals surface area contributed by atoms with Crippen LogP contribution in [0.4, 0.5) is 13.6 Å². The molecule has 1 fully saturated rings. The van der Waals surface area contributed by atoms with Crippen molar-refractivity contribution < 1.29 is 66.4 Å². The SMILES string of the molecule is C[C@H](NC(=O)[C@@H]1CCCN1C(=O)[C@H](CC(N)=O)NC(=O)CCOCCOCCOCCNC(=O)OC(C)(C)C)C(=O)NCCCN(C(=O)CO)[C@@H](c1cc(-c2cc(F)ccc2F)cn1Cc1ccccc1)C(C)(C)C. The van der Waals surface area contributed by atoms with Crippen LogP contribution in [-0.2, 0) is 54.3 Å². The average Bonchev–Trinajstić information content (AvgIpc) is 4.00. The number of primary amides is 1. The Bertz CT molecular complexity index is 2370. The van der Waals surface area contributed by atoms with Crippen LogP contribution in [0.1, 0.15) is 97.9 Å². The van der Waals surface area contributed by atoms with Gasteiger partial charge in [-0.2, -0.15) is 0 Å². The second-order valence-corrected chi connectivity index (χ2v) is 20.3. The number of carbonyl (C=O) groups is 7. The third kappa shape index (κ3) is 20.3. The molecular formula is C53H76F2N8O12. The maximum absolute atomic E-state index is 15.2. The average molecular weight is 1060 g/mol. The Morgan fingerprint density at radius 3 is 2.16 bits per heavy atom. The number of nitrogens with one attached hydrogen (secondary N) is 4. The molecule has 4 rings (SSSR count). The zero-order chi connectivity index (χ0) is 55.3. The smallest absolute Gasteiger partial charge is 0.407 e. The van der Waals surface area contributed by atoms with Gasteiger partial charge in [-0.3, -0.25) is 28.8 Å². The summed E-state index contributed by atoms with van der Waals surface area (Å²) >= 11 is 0. The van der Waals surface area contributed by atoms with Gasteiger partial charge in [0.2, 0.25) is 35.4 Å². The maximum Gasteiger partial charge on any atom is 0.407 e. The molecule has 1 aliphatic heterocycles. The minimum atomic E-state index is -1.35. The normalized spacial score (nSPS) is 14.9. The van der Waals surface area contributed by atoms with Crippen molar-refractivity contribution in [3.63, 3.8) is 0 Å². The predicted molar refractivity (Wildman–Crippen MR) is 273 cm³/mol. The number of likely N-dealkylation sites (tertiary alicyclic amines) is 1. The van der Waals surface area contributed by atoms with Gasteiger partial charge in [-0.05, 0) is 82.2 Å². The van der Waals surface area contributed by atoms with Crippen molar-refractivity contribution in [1.82, 2.24) is 35.6 Å². The Morgan fingerprint density at radius 1 is 0.853 bits per heavy atom. The number of rotatable bonds is 29. The number of benzene rings is 2. The molecule has 0 bridgehead atoms. The van der Waals surface area contributed by atoms with Crippen molar-refractivity contribution in [2.24, 2.45) is 11.1 Å². The number of amides is 7. The molecule has 4 atom stereocenters. The van der Waals surface area contributed by atoms with Gasteiger partial charge in [0, 0.05) is 62.2 Å². The molecule has 0 aliphatic carbocycles. The van der Waals surface area contributed by atoms with Gasteiger partial charge in [-0.15, -0.1) is 0 Å². The first-order valence-corrected chi connectivity index (χ1v) is 25.2. The Hall–Kier alpha value is -6.49. The fourth-order valence-electron chi connectivity index (χ4n) is 8.51. The molecular weight excluding hydrogens is 979 g/mol. The van der Waals surface area contributed by atoms with Crippen LogP contribution in [0.25, 0.3) is 11.1 Å². The highest BCUT2D eigenvalue weighted by Crippen LogP contribution is 2.41. The molecule has 75 heavy (non-hydrogen) atoms. The monoisotopic (exact) mass is 1050 g/mol. The number of hydrogen-bond acceptors (Lipinski definition) is 12. The van der Waals surface area contributed by atoms with E-state index < -0.39 is 101 Å². The summed E-state index contributed by atoms with van der Waals surface area (Å²) in [5, 5.41) is 20.8. The number of aromatic nitrogens is 1. The highest BCUT2D eigenvalue weighted by atomic mass is 19.1. The maximum atomic E-state index is 15.2. The first kappa shape index (κ1) is 61.1. The molecule has 414 valence electrons. The minimum Gasteiger partial charge on any atom is -0.444 e. The lowest BCUT2D eigenvalue weighted by Gasteiger charge is -2.41. The molecule has 7 N–H and O–H groups in total. The summed E-state index contributed by atoms with van der Waals surface area (Å²) < 4.78 is 52.9. The Labute approximate surface area is 437 Å². The first-order chi connectivity index (χ1) is 35.5. The fourth-order valence-corrected chi connectivity index (χ4v) is 8.51. The van der Waals surface area contributed by atoms with E-state index in [1.807, 2.05) is 55.7 Å². The molecule has 2 aromatic carbocycles. The molecule has 0 saturated carbocycles. The molecule has 3 aromatic rings. The molecule has 1 aliphatic rings. The van der Waals surface area contributed by atoms with Crippen molar-refractivity contribution in [3.8, 4) is 11.1 Å². The lowest BCUT2D eigenvalue weighted by molar-refractivity contribution is -0.143. The number of ether oxygens (including phenoxy) is 4. The lowest BCUT2D eigenvalue weighted by atomic mass is 9.83. The van der Waals surface area contributed by atoms with Crippen molar-refractivity contribution in [2.45, 2.75) is 117 Å². The van der Waals surface area contributed by atoms with Crippen LogP contribution in [-0.4, -0.2) is 157 Å². The summed E-state index contributed by atoms with van der Waals surface area (Å²) in [7, 11) is 0. The van der Waals surface area contributed by atoms with E-state index in [4.69, 9.17) is 24.7 Å². The number of aliphatic hydroxyl groups is 1. The number of alkyl carbamates (subject to hydrolysis) is 1. The summed E-state index contributed by atoms with van der Waals surface area (Å²) in [6, 6.07) is 10.3. The molecule has 2 heterocycles. The predicted octanol–water partition coefficient (Wildman–Crippen LogP) is 3.72. The highest BCUT2D eigenvalue weighted by Gasteiger charge is 2.40. The lowest BCUT2D eigenvalue weighted by Crippen LogP contribution is -2.56. The summed E-state index contributed by atoms with van der Waals surface area (Å²) in [6.45, 7) is 13.8. The first-order valence-electron chi connectivity index (χ1n) is 25.2. The van der Waals surface area contributed by atoms with Crippen LogP contribution in [0, 0.1) is 17.0 Å². The van der Waals surface area contributed by atoms with E-state index in [0.29, 0.717) is 24.2 Å². The van der Waals surface area contributed by atoms with Gasteiger partial charge in [0.15, 0.2) is 0 Å². The van der Waals surface area contributed by atoms with Gasteiger partial charge >= 0.3 is 6.09 Å². The zero-order valence-electron chi connectivity index (χ0n) is 44.2. The van der Waals surface area contributed by atoms with Gasteiger partial charge < -0.3 is 65.4 Å². The van der Waals surface area contributed by atoms with Crippen LogP contribution in [0.2, 0.25) is 0 Å². The molecule has 0 unspecified atom stereocenters. The van der Waals surface area contributed by atoms with E-state index >= 15 is 4.39 Å². The number of carbonyl (C=O) groups excluding carboxylic acids is 7. The van der Waals surface area contributed by atoms with Gasteiger partial charge in [-0.25, -0.2) is 13.6 Å². The second-order valence-electron chi connectivity index (χ2n) is 20.3. The van der Waals surface area contributed by atoms with Crippen LogP contribution in [0.5, 0.6) is 0 Å². The molecule has 0 spiro atoms. The molecule has 1 aromatic heterocycles. The summed E-state index contributed by atoms with van der Waals surface area (Å²) in [5.74, 6) is -5.11. The van der Waals surface area contributed by atoms with Gasteiger partial charge in [-0.1, -0.05) is 51.1 Å². The minimum absolute atomic E-state index is 0.0160. The number of halogens is 2. The highest BCUT2D eigenvalue weighted by molar-refractivity contribution is 5.96. The second kappa shape index (κ2) is 29.6. The Kier molecular flexibility index (Phi) is 24.1. The van der Waals surface area contributed by atoms with Crippen LogP contribution in [0.15, 0.2) is 60.8 Å². The molecule has 20 nitrogen and oxygen atoms in total. The fraction of sp³-hybridized carbons (Fsp3) is 0.566. The molecule has 0 radical (unpaired) electrons. The van der Waals surface area contributed by atoms with E-state index in [2.05, 4.69) is 21.3 Å². The van der Waals surface area contributed by atoms with Crippen LogP contribution < -0.4 is 27.0 Å². The number of hydrogen-bond donors (Lipinski definition) is 6. The van der Waals surface area contributed by atoms with Gasteiger partial charge in [0.05, 0.1) is 52.1 Å². The van der Waals surface area contributed by atoms with E-state index in [1.165, 1.54) is 16.7 Å². The van der Waals surface area contributed by atoms with Crippen molar-refractivity contribution in [3.05, 3.63) is 83.7 Å². The molecule has 22 heteroatoms. The standard InChI is InChI=1S/C53H76F2N8O12/c1-35(59-49(69)42-15-11-21-62(42)50(70)41(31-44(56)65)60-45(66)18-23-72-25-27-74-28-26-73-24-20-58-51(71)75-53(5,6)7)48(68)57-19-12-22-63(46(67)34-64)47(52(2,3)4)43-29-37(39-30-38(54)16-17-40(39)55)33-61(43)32-36-13-9-8-10-14-36/h8-10,13-14,16-17,29-30,33,35,41-42,47,64H,11-12,15,18-28,31-32,34H2,1-7H3,(H2,56,65)(H,57,68)(H,58,71)(H,59,69)(H,60,66)/t35-,41-,42-,47-/m0/s1. The van der Waals surface area contributed by atoms with Gasteiger partial charge in [0.1, 0.15) is 42.0 Å². The van der Waals surface area contributed by atoms with E-state index in [0.717, 1.165) is 23.8 Å².